The maximum absolute atomic E-state index is 12.2. The Labute approximate surface area is 138 Å². The van der Waals surface area contributed by atoms with Gasteiger partial charge in [0.2, 0.25) is 5.91 Å². The van der Waals surface area contributed by atoms with E-state index >= 15 is 0 Å². The van der Waals surface area contributed by atoms with Gasteiger partial charge < -0.3 is 15.5 Å². The van der Waals surface area contributed by atoms with Gasteiger partial charge in [0.05, 0.1) is 6.54 Å². The van der Waals surface area contributed by atoms with Crippen molar-refractivity contribution < 1.29 is 18.0 Å². The van der Waals surface area contributed by atoms with Crippen LogP contribution in [0.25, 0.3) is 0 Å². The molecule has 0 saturated carbocycles. The van der Waals surface area contributed by atoms with Crippen molar-refractivity contribution in [3.63, 3.8) is 0 Å². The minimum absolute atomic E-state index is 0.0486. The second kappa shape index (κ2) is 7.63. The molecule has 0 bridgehead atoms. The van der Waals surface area contributed by atoms with Crippen molar-refractivity contribution in [1.29, 1.82) is 0 Å². The molecule has 0 aromatic carbocycles. The summed E-state index contributed by atoms with van der Waals surface area (Å²) in [5, 5.41) is 6.03. The molecule has 132 valence electrons. The number of carbonyl (C=O) groups excluding carboxylic acids is 1. The molecule has 2 fully saturated rings. The summed E-state index contributed by atoms with van der Waals surface area (Å²) < 4.78 is 36.5. The van der Waals surface area contributed by atoms with Crippen LogP contribution in [0.5, 0.6) is 0 Å². The lowest BCUT2D eigenvalue weighted by molar-refractivity contribution is -0.119. The number of likely N-dealkylation sites (tertiary alicyclic amines) is 1. The zero-order chi connectivity index (χ0) is 16.9. The lowest BCUT2D eigenvalue weighted by Gasteiger charge is -2.40. The maximum Gasteiger partial charge on any atom is 0.441 e. The first-order valence-electron chi connectivity index (χ1n) is 7.84. The van der Waals surface area contributed by atoms with Crippen molar-refractivity contribution in [3.05, 3.63) is 0 Å². The van der Waals surface area contributed by atoms with E-state index in [1.54, 1.807) is 0 Å². The Hall–Kier alpha value is -1.12. The lowest BCUT2D eigenvalue weighted by atomic mass is 9.79. The van der Waals surface area contributed by atoms with Gasteiger partial charge in [-0.2, -0.15) is 13.2 Å². The number of guanidine groups is 1. The monoisotopic (exact) mass is 352 g/mol. The predicted octanol–water partition coefficient (Wildman–Crippen LogP) is 1.81. The molecule has 1 atom stereocenters. The molecule has 1 spiro atoms. The number of hydrogen-bond donors (Lipinski definition) is 2. The zero-order valence-electron chi connectivity index (χ0n) is 13.2. The van der Waals surface area contributed by atoms with E-state index in [4.69, 9.17) is 0 Å². The third-order valence-electron chi connectivity index (χ3n) is 4.11. The number of aliphatic imine (C=N–C) groups is 1. The van der Waals surface area contributed by atoms with E-state index in [0.717, 1.165) is 19.4 Å². The van der Waals surface area contributed by atoms with Gasteiger partial charge >= 0.3 is 5.51 Å². The van der Waals surface area contributed by atoms with Gasteiger partial charge in [-0.25, -0.2) is 0 Å². The number of halogens is 3. The van der Waals surface area contributed by atoms with Crippen LogP contribution in [0, 0.1) is 5.41 Å². The summed E-state index contributed by atoms with van der Waals surface area (Å²) in [5.41, 5.74) is -4.27. The Morgan fingerprint density at radius 1 is 1.52 bits per heavy atom. The minimum atomic E-state index is -4.21. The van der Waals surface area contributed by atoms with Crippen LogP contribution in [-0.4, -0.2) is 60.8 Å². The fraction of sp³-hybridized carbons (Fsp3) is 0.857. The molecular weight excluding hydrogens is 329 g/mol. The second-order valence-corrected chi connectivity index (χ2v) is 7.17. The molecule has 2 rings (SSSR count). The number of hydrogen-bond acceptors (Lipinski definition) is 3. The molecule has 1 amide bonds. The highest BCUT2D eigenvalue weighted by Crippen LogP contribution is 2.36. The second-order valence-electron chi connectivity index (χ2n) is 6.01. The van der Waals surface area contributed by atoms with Gasteiger partial charge in [-0.05, 0) is 31.5 Å². The summed E-state index contributed by atoms with van der Waals surface area (Å²) in [6.07, 6.45) is 2.47. The highest BCUT2D eigenvalue weighted by molar-refractivity contribution is 8.00. The standard InChI is InChI=1S/C14H23F3N4OS/c1-2-18-12(19-5-7-23-14(15,16)17)21-6-3-4-13(10-21)8-11(22)20-9-13/h2-10H2,1H3,(H,18,19)(H,20,22). The van der Waals surface area contributed by atoms with Crippen molar-refractivity contribution in [2.24, 2.45) is 10.4 Å². The number of alkyl halides is 3. The van der Waals surface area contributed by atoms with E-state index in [1.165, 1.54) is 0 Å². The van der Waals surface area contributed by atoms with Crippen molar-refractivity contribution in [2.75, 3.05) is 38.5 Å². The van der Waals surface area contributed by atoms with Gasteiger partial charge in [-0.1, -0.05) is 0 Å². The largest absolute Gasteiger partial charge is 0.441 e. The third kappa shape index (κ3) is 5.47. The molecule has 23 heavy (non-hydrogen) atoms. The Kier molecular flexibility index (Phi) is 6.05. The Morgan fingerprint density at radius 3 is 2.91 bits per heavy atom. The summed E-state index contributed by atoms with van der Waals surface area (Å²) in [6.45, 7) is 4.91. The van der Waals surface area contributed by atoms with E-state index in [1.807, 2.05) is 6.92 Å². The molecule has 5 nitrogen and oxygen atoms in total. The number of nitrogens with one attached hydrogen (secondary N) is 2. The average molecular weight is 352 g/mol. The molecule has 0 aromatic rings. The number of carbonyl (C=O) groups is 1. The average Bonchev–Trinajstić information content (AvgIpc) is 2.82. The molecule has 2 N–H and O–H groups in total. The highest BCUT2D eigenvalue weighted by Gasteiger charge is 2.42. The molecule has 0 aromatic heterocycles. The Morgan fingerprint density at radius 2 is 2.30 bits per heavy atom. The summed E-state index contributed by atoms with van der Waals surface area (Å²) in [5.74, 6) is 0.640. The Bertz CT molecular complexity index is 458. The molecular formula is C14H23F3N4OS. The Balaban J connectivity index is 1.95. The quantitative estimate of drug-likeness (QED) is 0.460. The molecule has 1 unspecified atom stereocenters. The van der Waals surface area contributed by atoms with E-state index in [0.29, 0.717) is 32.0 Å². The smallest absolute Gasteiger partial charge is 0.357 e. The van der Waals surface area contributed by atoms with Crippen LogP contribution < -0.4 is 10.6 Å². The SMILES string of the molecule is CCNC(=NCCSC(F)(F)F)N1CCCC2(CNC(=O)C2)C1. The van der Waals surface area contributed by atoms with Crippen molar-refractivity contribution in [1.82, 2.24) is 15.5 Å². The minimum Gasteiger partial charge on any atom is -0.357 e. The number of nitrogens with zero attached hydrogens (tertiary/aromatic N) is 2. The molecule has 2 saturated heterocycles. The third-order valence-corrected chi connectivity index (χ3v) is 4.82. The van der Waals surface area contributed by atoms with Crippen LogP contribution >= 0.6 is 11.8 Å². The van der Waals surface area contributed by atoms with Gasteiger partial charge in [0.25, 0.3) is 0 Å². The molecule has 2 aliphatic heterocycles. The summed E-state index contributed by atoms with van der Waals surface area (Å²) in [7, 11) is 0. The van der Waals surface area contributed by atoms with Crippen LogP contribution in [0.1, 0.15) is 26.2 Å². The topological polar surface area (TPSA) is 56.7 Å². The predicted molar refractivity (Wildman–Crippen MR) is 85.4 cm³/mol. The van der Waals surface area contributed by atoms with E-state index in [9.17, 15) is 18.0 Å². The normalized spacial score (nSPS) is 25.8. The van der Waals surface area contributed by atoms with Crippen LogP contribution in [0.3, 0.4) is 0 Å². The van der Waals surface area contributed by atoms with Crippen LogP contribution in [0.15, 0.2) is 4.99 Å². The number of piperidine rings is 1. The van der Waals surface area contributed by atoms with E-state index in [-0.39, 0.29) is 35.4 Å². The van der Waals surface area contributed by atoms with Gasteiger partial charge in [-0.3, -0.25) is 9.79 Å². The van der Waals surface area contributed by atoms with Gasteiger partial charge in [0.15, 0.2) is 5.96 Å². The fourth-order valence-corrected chi connectivity index (χ4v) is 3.58. The van der Waals surface area contributed by atoms with E-state index < -0.39 is 5.51 Å². The summed E-state index contributed by atoms with van der Waals surface area (Å²) in [4.78, 5) is 17.9. The number of rotatable bonds is 4. The summed E-state index contributed by atoms with van der Waals surface area (Å²) in [6, 6.07) is 0. The molecule has 0 radical (unpaired) electrons. The first kappa shape index (κ1) is 18.2. The van der Waals surface area contributed by atoms with Gasteiger partial charge in [0, 0.05) is 43.8 Å². The first-order valence-corrected chi connectivity index (χ1v) is 8.83. The van der Waals surface area contributed by atoms with Crippen LogP contribution in [-0.2, 0) is 4.79 Å². The van der Waals surface area contributed by atoms with Crippen LogP contribution in [0.4, 0.5) is 13.2 Å². The van der Waals surface area contributed by atoms with Gasteiger partial charge in [0.1, 0.15) is 0 Å². The fourth-order valence-electron chi connectivity index (χ4n) is 3.17. The van der Waals surface area contributed by atoms with Crippen molar-refractivity contribution >= 4 is 23.6 Å². The maximum atomic E-state index is 12.2. The van der Waals surface area contributed by atoms with Gasteiger partial charge in [-0.15, -0.1) is 0 Å². The zero-order valence-corrected chi connectivity index (χ0v) is 14.0. The molecule has 2 heterocycles. The van der Waals surface area contributed by atoms with Crippen molar-refractivity contribution in [2.45, 2.75) is 31.7 Å². The van der Waals surface area contributed by atoms with Crippen LogP contribution in [0.2, 0.25) is 0 Å². The van der Waals surface area contributed by atoms with E-state index in [2.05, 4.69) is 20.5 Å². The number of amides is 1. The summed E-state index contributed by atoms with van der Waals surface area (Å²) >= 11 is -0.0486. The molecule has 2 aliphatic rings. The number of thioether (sulfide) groups is 1. The van der Waals surface area contributed by atoms with Crippen molar-refractivity contribution in [3.8, 4) is 0 Å². The molecule has 9 heteroatoms. The first-order chi connectivity index (χ1) is 10.8. The molecule has 0 aliphatic carbocycles. The highest BCUT2D eigenvalue weighted by atomic mass is 32.2. The lowest BCUT2D eigenvalue weighted by Crippen LogP contribution is -2.51.